The molecule has 2 aromatic rings. The number of nitriles is 2. The Kier molecular flexibility index (Phi) is 5.18. The molecule has 0 heterocycles. The Hall–Kier alpha value is -3.32. The van der Waals surface area contributed by atoms with Gasteiger partial charge in [0.05, 0.1) is 19.4 Å². The highest BCUT2D eigenvalue weighted by atomic mass is 19.1. The molecule has 0 unspecified atom stereocenters. The van der Waals surface area contributed by atoms with Crippen LogP contribution in [-0.2, 0) is 0 Å². The molecule has 0 aromatic heterocycles. The first-order valence-corrected chi connectivity index (χ1v) is 6.96. The van der Waals surface area contributed by atoms with Crippen molar-refractivity contribution in [2.24, 2.45) is 0 Å². The Morgan fingerprint density at radius 1 is 1.08 bits per heavy atom. The van der Waals surface area contributed by atoms with E-state index in [0.717, 1.165) is 0 Å². The third kappa shape index (κ3) is 2.92. The van der Waals surface area contributed by atoms with Gasteiger partial charge in [0.15, 0.2) is 17.4 Å². The van der Waals surface area contributed by atoms with Crippen molar-refractivity contribution in [3.63, 3.8) is 0 Å². The molecular formula is C17H13F2N3O2. The van der Waals surface area contributed by atoms with Gasteiger partial charge in [-0.1, -0.05) is 12.1 Å². The maximum absolute atomic E-state index is 14.7. The summed E-state index contributed by atoms with van der Waals surface area (Å²) in [7, 11) is 1.43. The first-order valence-electron chi connectivity index (χ1n) is 6.96. The monoisotopic (exact) mass is 329 g/mol. The lowest BCUT2D eigenvalue weighted by Gasteiger charge is -2.17. The highest BCUT2D eigenvalue weighted by Gasteiger charge is 2.26. The number of nitrogens with zero attached hydrogens (tertiary/aromatic N) is 2. The molecule has 0 radical (unpaired) electrons. The lowest BCUT2D eigenvalue weighted by Crippen LogP contribution is -2.08. The van der Waals surface area contributed by atoms with Crippen molar-refractivity contribution < 1.29 is 18.3 Å². The Morgan fingerprint density at radius 3 is 2.29 bits per heavy atom. The average molecular weight is 329 g/mol. The predicted octanol–water partition coefficient (Wildman–Crippen LogP) is 3.86. The summed E-state index contributed by atoms with van der Waals surface area (Å²) in [6, 6.07) is 9.62. The summed E-state index contributed by atoms with van der Waals surface area (Å²) in [5, 5.41) is 20.8. The van der Waals surface area contributed by atoms with Crippen molar-refractivity contribution in [3.8, 4) is 23.6 Å². The largest absolute Gasteiger partial charge is 0.495 e. The number of anilines is 2. The third-order valence-electron chi connectivity index (χ3n) is 3.21. The molecule has 0 bridgehead atoms. The molecule has 5 nitrogen and oxygen atoms in total. The summed E-state index contributed by atoms with van der Waals surface area (Å²) in [6.45, 7) is 1.64. The zero-order valence-electron chi connectivity index (χ0n) is 13.0. The minimum absolute atomic E-state index is 0.0493. The fourth-order valence-electron chi connectivity index (χ4n) is 2.15. The van der Waals surface area contributed by atoms with Gasteiger partial charge in [-0.25, -0.2) is 8.78 Å². The van der Waals surface area contributed by atoms with E-state index in [-0.39, 0.29) is 12.3 Å². The van der Waals surface area contributed by atoms with Crippen LogP contribution in [0.25, 0.3) is 0 Å². The van der Waals surface area contributed by atoms with Crippen molar-refractivity contribution in [3.05, 3.63) is 47.0 Å². The van der Waals surface area contributed by atoms with Crippen LogP contribution in [0.5, 0.6) is 11.5 Å². The van der Waals surface area contributed by atoms with E-state index in [1.165, 1.54) is 19.2 Å². The molecule has 1 N–H and O–H groups in total. The second-order valence-corrected chi connectivity index (χ2v) is 4.56. The first-order chi connectivity index (χ1) is 11.6. The molecule has 0 aliphatic carbocycles. The summed E-state index contributed by atoms with van der Waals surface area (Å²) in [4.78, 5) is 0. The van der Waals surface area contributed by atoms with Crippen LogP contribution >= 0.6 is 0 Å². The summed E-state index contributed by atoms with van der Waals surface area (Å²) < 4.78 is 39.5. The van der Waals surface area contributed by atoms with E-state index in [1.807, 2.05) is 0 Å². The number of benzene rings is 2. The number of halogens is 2. The zero-order chi connectivity index (χ0) is 17.7. The molecular weight excluding hydrogens is 316 g/mol. The Bertz CT molecular complexity index is 854. The lowest BCUT2D eigenvalue weighted by atomic mass is 10.1. The number of hydrogen-bond donors (Lipinski definition) is 1. The van der Waals surface area contributed by atoms with E-state index in [4.69, 9.17) is 20.0 Å². The summed E-state index contributed by atoms with van der Waals surface area (Å²) in [5.41, 5.74) is -1.39. The van der Waals surface area contributed by atoms with E-state index < -0.39 is 28.5 Å². The van der Waals surface area contributed by atoms with Gasteiger partial charge in [0, 0.05) is 0 Å². The minimum Gasteiger partial charge on any atom is -0.495 e. The number of para-hydroxylation sites is 2. The fraction of sp³-hybridized carbons (Fsp3) is 0.176. The number of nitrogens with one attached hydrogen (secondary N) is 1. The molecule has 122 valence electrons. The highest BCUT2D eigenvalue weighted by molar-refractivity contribution is 5.75. The van der Waals surface area contributed by atoms with Gasteiger partial charge in [-0.3, -0.25) is 0 Å². The molecule has 2 rings (SSSR count). The van der Waals surface area contributed by atoms with E-state index in [0.29, 0.717) is 11.4 Å². The standard InChI is InChI=1S/C17H13F2N3O2/c1-3-24-17-15(19)11(9-21)10(8-20)14(18)16(17)22-12-6-4-5-7-13(12)23-2/h4-7,22H,3H2,1-2H3. The average Bonchev–Trinajstić information content (AvgIpc) is 2.60. The molecule has 7 heteroatoms. The van der Waals surface area contributed by atoms with Gasteiger partial charge in [0.25, 0.3) is 0 Å². The van der Waals surface area contributed by atoms with E-state index in [2.05, 4.69) is 5.32 Å². The van der Waals surface area contributed by atoms with E-state index >= 15 is 0 Å². The highest BCUT2D eigenvalue weighted by Crippen LogP contribution is 2.39. The third-order valence-corrected chi connectivity index (χ3v) is 3.21. The van der Waals surface area contributed by atoms with Crippen molar-refractivity contribution in [2.45, 2.75) is 6.92 Å². The van der Waals surface area contributed by atoms with Crippen LogP contribution < -0.4 is 14.8 Å². The lowest BCUT2D eigenvalue weighted by molar-refractivity contribution is 0.321. The maximum Gasteiger partial charge on any atom is 0.186 e. The summed E-state index contributed by atoms with van der Waals surface area (Å²) >= 11 is 0. The quantitative estimate of drug-likeness (QED) is 0.901. The van der Waals surface area contributed by atoms with Crippen molar-refractivity contribution in [1.82, 2.24) is 0 Å². The predicted molar refractivity (Wildman–Crippen MR) is 83.2 cm³/mol. The molecule has 0 amide bonds. The van der Waals surface area contributed by atoms with Crippen LogP contribution in [0.1, 0.15) is 18.1 Å². The molecule has 0 saturated heterocycles. The number of hydrogen-bond acceptors (Lipinski definition) is 5. The van der Waals surface area contributed by atoms with Crippen LogP contribution in [0.4, 0.5) is 20.2 Å². The van der Waals surface area contributed by atoms with Crippen LogP contribution in [0, 0.1) is 34.3 Å². The second kappa shape index (κ2) is 7.30. The first kappa shape index (κ1) is 17.0. The van der Waals surface area contributed by atoms with Crippen LogP contribution in [-0.4, -0.2) is 13.7 Å². The SMILES string of the molecule is CCOc1c(F)c(C#N)c(C#N)c(F)c1Nc1ccccc1OC. The van der Waals surface area contributed by atoms with Crippen LogP contribution in [0.15, 0.2) is 24.3 Å². The van der Waals surface area contributed by atoms with Crippen molar-refractivity contribution >= 4 is 11.4 Å². The molecule has 0 aliphatic heterocycles. The van der Waals surface area contributed by atoms with Gasteiger partial charge >= 0.3 is 0 Å². The fourth-order valence-corrected chi connectivity index (χ4v) is 2.15. The van der Waals surface area contributed by atoms with Crippen molar-refractivity contribution in [1.29, 1.82) is 10.5 Å². The van der Waals surface area contributed by atoms with Crippen molar-refractivity contribution in [2.75, 3.05) is 19.0 Å². The maximum atomic E-state index is 14.7. The summed E-state index contributed by atoms with van der Waals surface area (Å²) in [6.07, 6.45) is 0. The normalized spacial score (nSPS) is 9.75. The molecule has 24 heavy (non-hydrogen) atoms. The van der Waals surface area contributed by atoms with Gasteiger partial charge < -0.3 is 14.8 Å². The number of rotatable bonds is 5. The topological polar surface area (TPSA) is 78.1 Å². The van der Waals surface area contributed by atoms with Crippen LogP contribution in [0.3, 0.4) is 0 Å². The van der Waals surface area contributed by atoms with Gasteiger partial charge in [-0.15, -0.1) is 0 Å². The van der Waals surface area contributed by atoms with Gasteiger partial charge in [-0.05, 0) is 19.1 Å². The Morgan fingerprint density at radius 2 is 1.71 bits per heavy atom. The zero-order valence-corrected chi connectivity index (χ0v) is 13.0. The molecule has 0 aliphatic rings. The smallest absolute Gasteiger partial charge is 0.186 e. The molecule has 0 saturated carbocycles. The Labute approximate surface area is 137 Å². The summed E-state index contributed by atoms with van der Waals surface area (Å²) in [5.74, 6) is -2.22. The number of ether oxygens (including phenoxy) is 2. The van der Waals surface area contributed by atoms with E-state index in [1.54, 1.807) is 31.2 Å². The molecule has 0 spiro atoms. The van der Waals surface area contributed by atoms with Gasteiger partial charge in [0.2, 0.25) is 0 Å². The van der Waals surface area contributed by atoms with Gasteiger partial charge in [-0.2, -0.15) is 10.5 Å². The number of methoxy groups -OCH3 is 1. The molecule has 2 aromatic carbocycles. The second-order valence-electron chi connectivity index (χ2n) is 4.56. The minimum atomic E-state index is -1.09. The molecule has 0 fully saturated rings. The van der Waals surface area contributed by atoms with Crippen LogP contribution in [0.2, 0.25) is 0 Å². The van der Waals surface area contributed by atoms with E-state index in [9.17, 15) is 8.78 Å². The molecule has 0 atom stereocenters. The van der Waals surface area contributed by atoms with Gasteiger partial charge in [0.1, 0.15) is 34.7 Å². The Balaban J connectivity index is 2.71.